The quantitative estimate of drug-likeness (QED) is 0.504. The van der Waals surface area contributed by atoms with Crippen LogP contribution in [0.4, 0.5) is 0 Å². The molecule has 1 aromatic heterocycles. The van der Waals surface area contributed by atoms with Crippen molar-refractivity contribution in [2.75, 3.05) is 0 Å². The van der Waals surface area contributed by atoms with Gasteiger partial charge in [-0.3, -0.25) is 4.98 Å². The van der Waals surface area contributed by atoms with Gasteiger partial charge in [-0.1, -0.05) is 54.8 Å². The molecule has 1 saturated carbocycles. The van der Waals surface area contributed by atoms with E-state index in [1.54, 1.807) is 0 Å². The summed E-state index contributed by atoms with van der Waals surface area (Å²) in [6.07, 6.45) is 15.9. The molecule has 2 heteroatoms. The molecule has 0 saturated heterocycles. The molecule has 1 fully saturated rings. The third-order valence-electron chi connectivity index (χ3n) is 5.48. The molecular weight excluding hydrogens is 326 g/mol. The van der Waals surface area contributed by atoms with Gasteiger partial charge in [-0.15, -0.1) is 0 Å². The van der Waals surface area contributed by atoms with E-state index in [4.69, 9.17) is 11.6 Å². The summed E-state index contributed by atoms with van der Waals surface area (Å²) >= 11 is 5.95. The van der Waals surface area contributed by atoms with Crippen molar-refractivity contribution in [3.8, 4) is 11.3 Å². The highest BCUT2D eigenvalue weighted by Gasteiger charge is 2.20. The lowest BCUT2D eigenvalue weighted by atomic mass is 9.78. The summed E-state index contributed by atoms with van der Waals surface area (Å²) in [4.78, 5) is 4.64. The third kappa shape index (κ3) is 5.44. The lowest BCUT2D eigenvalue weighted by Crippen LogP contribution is -2.14. The molecule has 1 aliphatic rings. The van der Waals surface area contributed by atoms with Crippen molar-refractivity contribution in [3.05, 3.63) is 65.3 Å². The van der Waals surface area contributed by atoms with Crippen molar-refractivity contribution in [1.82, 2.24) is 4.98 Å². The normalized spacial score (nSPS) is 20.9. The van der Waals surface area contributed by atoms with Gasteiger partial charge in [0.05, 0.1) is 5.69 Å². The van der Waals surface area contributed by atoms with Gasteiger partial charge in [0.1, 0.15) is 0 Å². The fourth-order valence-electron chi connectivity index (χ4n) is 3.82. The first-order chi connectivity index (χ1) is 12.2. The van der Waals surface area contributed by atoms with Gasteiger partial charge in [0.25, 0.3) is 0 Å². The van der Waals surface area contributed by atoms with Gasteiger partial charge in [-0.2, -0.15) is 0 Å². The highest BCUT2D eigenvalue weighted by Crippen LogP contribution is 2.33. The van der Waals surface area contributed by atoms with Crippen LogP contribution in [0.1, 0.15) is 51.0 Å². The molecule has 0 radical (unpaired) electrons. The molecule has 2 aromatic rings. The summed E-state index contributed by atoms with van der Waals surface area (Å²) in [5, 5.41) is 0.765. The summed E-state index contributed by atoms with van der Waals surface area (Å²) in [5.74, 6) is 1.82. The van der Waals surface area contributed by atoms with Crippen molar-refractivity contribution in [1.29, 1.82) is 0 Å². The van der Waals surface area contributed by atoms with E-state index in [0.29, 0.717) is 0 Å². The zero-order chi connectivity index (χ0) is 17.5. The Balaban J connectivity index is 1.47. The summed E-state index contributed by atoms with van der Waals surface area (Å²) in [6, 6.07) is 12.2. The monoisotopic (exact) mass is 353 g/mol. The van der Waals surface area contributed by atoms with E-state index < -0.39 is 0 Å². The number of nitrogens with zero attached hydrogens (tertiary/aromatic N) is 1. The van der Waals surface area contributed by atoms with Crippen LogP contribution in [0.5, 0.6) is 0 Å². The number of allylic oxidation sites excluding steroid dienone is 2. The molecule has 25 heavy (non-hydrogen) atoms. The number of hydrogen-bond acceptors (Lipinski definition) is 1. The van der Waals surface area contributed by atoms with Crippen LogP contribution < -0.4 is 0 Å². The maximum atomic E-state index is 5.95. The van der Waals surface area contributed by atoms with Crippen LogP contribution in [-0.2, 0) is 6.42 Å². The largest absolute Gasteiger partial charge is 0.256 e. The summed E-state index contributed by atoms with van der Waals surface area (Å²) in [6.45, 7) is 2.12. The lowest BCUT2D eigenvalue weighted by molar-refractivity contribution is 0.265. The van der Waals surface area contributed by atoms with Crippen LogP contribution >= 0.6 is 11.6 Å². The second-order valence-electron chi connectivity index (χ2n) is 7.29. The van der Waals surface area contributed by atoms with E-state index >= 15 is 0 Å². The maximum Gasteiger partial charge on any atom is 0.0702 e. The molecule has 0 aliphatic heterocycles. The molecule has 0 bridgehead atoms. The van der Waals surface area contributed by atoms with Crippen molar-refractivity contribution < 1.29 is 0 Å². The second kappa shape index (κ2) is 9.20. The first-order valence-electron chi connectivity index (χ1n) is 9.56. The van der Waals surface area contributed by atoms with Crippen LogP contribution in [0.15, 0.2) is 54.7 Å². The zero-order valence-electron chi connectivity index (χ0n) is 15.1. The summed E-state index contributed by atoms with van der Waals surface area (Å²) in [5.41, 5.74) is 3.49. The first kappa shape index (κ1) is 18.2. The van der Waals surface area contributed by atoms with Crippen molar-refractivity contribution >= 4 is 11.6 Å². The van der Waals surface area contributed by atoms with Gasteiger partial charge in [0.15, 0.2) is 0 Å². The highest BCUT2D eigenvalue weighted by atomic mass is 35.5. The molecule has 1 aliphatic carbocycles. The zero-order valence-corrected chi connectivity index (χ0v) is 15.9. The molecule has 3 rings (SSSR count). The Morgan fingerprint density at radius 1 is 1.00 bits per heavy atom. The average molecular weight is 354 g/mol. The van der Waals surface area contributed by atoms with E-state index in [1.807, 2.05) is 30.5 Å². The number of pyridine rings is 1. The van der Waals surface area contributed by atoms with Crippen LogP contribution in [0.3, 0.4) is 0 Å². The molecule has 0 atom stereocenters. The van der Waals surface area contributed by atoms with Crippen molar-refractivity contribution in [2.24, 2.45) is 11.8 Å². The predicted molar refractivity (Wildman–Crippen MR) is 108 cm³/mol. The first-order valence-corrected chi connectivity index (χ1v) is 9.94. The molecule has 0 amide bonds. The van der Waals surface area contributed by atoms with Crippen LogP contribution in [-0.4, -0.2) is 4.98 Å². The van der Waals surface area contributed by atoms with Gasteiger partial charge >= 0.3 is 0 Å². The predicted octanol–water partition coefficient (Wildman–Crippen LogP) is 7.11. The summed E-state index contributed by atoms with van der Waals surface area (Å²) < 4.78 is 0. The Morgan fingerprint density at radius 3 is 2.36 bits per heavy atom. The minimum Gasteiger partial charge on any atom is -0.256 e. The number of hydrogen-bond donors (Lipinski definition) is 0. The molecule has 1 heterocycles. The number of aryl methyl sites for hydroxylation is 1. The van der Waals surface area contributed by atoms with Crippen LogP contribution in [0.2, 0.25) is 5.02 Å². The van der Waals surface area contributed by atoms with Crippen molar-refractivity contribution in [2.45, 2.75) is 51.9 Å². The Kier molecular flexibility index (Phi) is 6.69. The SMILES string of the molecule is CC=CCC1CCC(CCc2ccc(-c3ccc(Cl)cc3)nc2)CC1. The van der Waals surface area contributed by atoms with Gasteiger partial charge in [0, 0.05) is 16.8 Å². The van der Waals surface area contributed by atoms with Crippen LogP contribution in [0.25, 0.3) is 11.3 Å². The van der Waals surface area contributed by atoms with Crippen molar-refractivity contribution in [3.63, 3.8) is 0 Å². The van der Waals surface area contributed by atoms with E-state index in [-0.39, 0.29) is 0 Å². The molecule has 132 valence electrons. The maximum absolute atomic E-state index is 5.95. The minimum atomic E-state index is 0.765. The Labute approximate surface area is 157 Å². The summed E-state index contributed by atoms with van der Waals surface area (Å²) in [7, 11) is 0. The van der Waals surface area contributed by atoms with E-state index in [1.165, 1.54) is 44.1 Å². The lowest BCUT2D eigenvalue weighted by Gasteiger charge is -2.27. The van der Waals surface area contributed by atoms with E-state index in [0.717, 1.165) is 34.5 Å². The molecule has 0 N–H and O–H groups in total. The molecule has 1 aromatic carbocycles. The molecule has 1 nitrogen and oxygen atoms in total. The number of aromatic nitrogens is 1. The highest BCUT2D eigenvalue weighted by molar-refractivity contribution is 6.30. The number of rotatable bonds is 6. The van der Waals surface area contributed by atoms with E-state index in [2.05, 4.69) is 36.2 Å². The Bertz CT molecular complexity index is 664. The molecular formula is C23H28ClN. The molecule has 0 unspecified atom stereocenters. The second-order valence-corrected chi connectivity index (χ2v) is 7.73. The number of benzene rings is 1. The van der Waals surface area contributed by atoms with Gasteiger partial charge in [-0.05, 0) is 74.6 Å². The standard InChI is InChI=1S/C23H28ClN/c1-2-3-4-18-5-7-19(8-6-18)9-10-20-11-16-23(25-17-20)21-12-14-22(24)15-13-21/h2-3,11-19H,4-10H2,1H3. The van der Waals surface area contributed by atoms with Gasteiger partial charge < -0.3 is 0 Å². The molecule has 0 spiro atoms. The Morgan fingerprint density at radius 2 is 1.72 bits per heavy atom. The van der Waals surface area contributed by atoms with Gasteiger partial charge in [-0.25, -0.2) is 0 Å². The Hall–Kier alpha value is -1.60. The number of halogens is 1. The van der Waals surface area contributed by atoms with Crippen LogP contribution in [0, 0.1) is 11.8 Å². The fourth-order valence-corrected chi connectivity index (χ4v) is 3.94. The topological polar surface area (TPSA) is 12.9 Å². The third-order valence-corrected chi connectivity index (χ3v) is 5.73. The van der Waals surface area contributed by atoms with E-state index in [9.17, 15) is 0 Å². The van der Waals surface area contributed by atoms with Gasteiger partial charge in [0.2, 0.25) is 0 Å². The average Bonchev–Trinajstić information content (AvgIpc) is 2.67. The smallest absolute Gasteiger partial charge is 0.0702 e. The minimum absolute atomic E-state index is 0.765. The fraction of sp³-hybridized carbons (Fsp3) is 0.435.